The van der Waals surface area contributed by atoms with Crippen LogP contribution >= 0.6 is 0 Å². The van der Waals surface area contributed by atoms with E-state index < -0.39 is 8.32 Å². The molecule has 0 saturated heterocycles. The van der Waals surface area contributed by atoms with E-state index in [0.717, 1.165) is 19.3 Å². The predicted molar refractivity (Wildman–Crippen MR) is 77.8 cm³/mol. The minimum Gasteiger partial charge on any atom is -0.432 e. The van der Waals surface area contributed by atoms with Crippen LogP contribution in [0.15, 0.2) is 24.3 Å². The summed E-state index contributed by atoms with van der Waals surface area (Å²) < 4.78 is 0. The Balaban J connectivity index is 2.49. The molecule has 0 aliphatic carbocycles. The van der Waals surface area contributed by atoms with Crippen LogP contribution in [0, 0.1) is 11.3 Å². The molecule has 0 fully saturated rings. The summed E-state index contributed by atoms with van der Waals surface area (Å²) in [4.78, 5) is 10.2. The van der Waals surface area contributed by atoms with Crippen molar-refractivity contribution in [3.05, 3.63) is 35.4 Å². The molecule has 1 aromatic rings. The van der Waals surface area contributed by atoms with Crippen molar-refractivity contribution in [1.82, 2.24) is 0 Å². The number of hydrogen-bond acceptors (Lipinski definition) is 2. The first-order valence-electron chi connectivity index (χ1n) is 6.48. The van der Waals surface area contributed by atoms with E-state index in [1.54, 1.807) is 0 Å². The van der Waals surface area contributed by atoms with Crippen LogP contribution in [0.2, 0.25) is 18.1 Å². The first-order valence-corrected chi connectivity index (χ1v) is 9.42. The summed E-state index contributed by atoms with van der Waals surface area (Å²) in [5.41, 5.74) is 1.98. The fourth-order valence-electron chi connectivity index (χ4n) is 1.79. The average Bonchev–Trinajstić information content (AvgIpc) is 2.28. The Kier molecular flexibility index (Phi) is 4.72. The van der Waals surface area contributed by atoms with Crippen molar-refractivity contribution in [2.45, 2.75) is 51.2 Å². The van der Waals surface area contributed by atoms with Crippen LogP contribution in [0.5, 0.6) is 0 Å². The van der Waals surface area contributed by atoms with E-state index in [2.05, 4.69) is 19.9 Å². The van der Waals surface area contributed by atoms with E-state index in [1.165, 1.54) is 5.56 Å². The largest absolute Gasteiger partial charge is 0.432 e. The van der Waals surface area contributed by atoms with Crippen LogP contribution in [0.1, 0.15) is 37.8 Å². The van der Waals surface area contributed by atoms with E-state index in [1.807, 2.05) is 37.4 Å². The number of nitriles is 1. The molecule has 0 aromatic heterocycles. The molecule has 1 aromatic carbocycles. The normalized spacial score (nSPS) is 12.2. The lowest BCUT2D eigenvalue weighted by molar-refractivity contribution is 0.443. The minimum atomic E-state index is -2.08. The van der Waals surface area contributed by atoms with Crippen molar-refractivity contribution in [3.8, 4) is 6.07 Å². The number of benzene rings is 1. The quantitative estimate of drug-likeness (QED) is 0.818. The van der Waals surface area contributed by atoms with Crippen molar-refractivity contribution in [2.24, 2.45) is 0 Å². The first-order chi connectivity index (χ1) is 8.26. The summed E-state index contributed by atoms with van der Waals surface area (Å²) in [5, 5.41) is 8.78. The predicted octanol–water partition coefficient (Wildman–Crippen LogP) is 3.86. The zero-order valence-electron chi connectivity index (χ0n) is 11.8. The van der Waals surface area contributed by atoms with Crippen LogP contribution in [0.3, 0.4) is 0 Å². The highest BCUT2D eigenvalue weighted by molar-refractivity contribution is 6.72. The molecular weight excluding hydrogens is 238 g/mol. The molecule has 0 aliphatic heterocycles. The molecule has 18 heavy (non-hydrogen) atoms. The Bertz CT molecular complexity index is 423. The molecule has 0 spiro atoms. The fraction of sp³-hybridized carbons (Fsp3) is 0.533. The maximum absolute atomic E-state index is 10.2. The molecule has 0 radical (unpaired) electrons. The van der Waals surface area contributed by atoms with Gasteiger partial charge in [-0.3, -0.25) is 0 Å². The molecule has 0 saturated carbocycles. The smallest absolute Gasteiger partial charge is 0.188 e. The van der Waals surface area contributed by atoms with Crippen molar-refractivity contribution in [1.29, 1.82) is 5.26 Å². The first kappa shape index (κ1) is 14.9. The topological polar surface area (TPSA) is 44.0 Å². The van der Waals surface area contributed by atoms with Crippen molar-refractivity contribution < 1.29 is 4.80 Å². The molecule has 98 valence electrons. The summed E-state index contributed by atoms with van der Waals surface area (Å²) in [6, 6.07) is 9.90. The molecule has 0 amide bonds. The molecule has 0 aliphatic rings. The summed E-state index contributed by atoms with van der Waals surface area (Å²) in [6.45, 7) is 8.35. The molecule has 3 heteroatoms. The van der Waals surface area contributed by atoms with Gasteiger partial charge in [-0.25, -0.2) is 0 Å². The molecule has 0 atom stereocenters. The van der Waals surface area contributed by atoms with Crippen LogP contribution < -0.4 is 0 Å². The zero-order chi connectivity index (χ0) is 13.8. The molecule has 0 bridgehead atoms. The van der Waals surface area contributed by atoms with Gasteiger partial charge in [0.1, 0.15) is 0 Å². The average molecular weight is 261 g/mol. The van der Waals surface area contributed by atoms with E-state index in [0.29, 0.717) is 5.56 Å². The lowest BCUT2D eigenvalue weighted by atomic mass is 10.0. The highest BCUT2D eigenvalue weighted by Crippen LogP contribution is 2.40. The van der Waals surface area contributed by atoms with Gasteiger partial charge in [0.25, 0.3) is 0 Å². The van der Waals surface area contributed by atoms with Crippen molar-refractivity contribution >= 4 is 8.32 Å². The number of aryl methyl sites for hydroxylation is 1. The number of nitrogens with zero attached hydrogens (tertiary/aromatic N) is 1. The Morgan fingerprint density at radius 1 is 1.22 bits per heavy atom. The highest BCUT2D eigenvalue weighted by atomic mass is 28.4. The van der Waals surface area contributed by atoms with Gasteiger partial charge in [0.2, 0.25) is 0 Å². The molecule has 0 unspecified atom stereocenters. The zero-order valence-corrected chi connectivity index (χ0v) is 12.8. The van der Waals surface area contributed by atoms with Gasteiger partial charge < -0.3 is 4.80 Å². The number of rotatable bonds is 5. The minimum absolute atomic E-state index is 0.0552. The second-order valence-electron chi connectivity index (χ2n) is 6.11. The highest BCUT2D eigenvalue weighted by Gasteiger charge is 2.37. The second-order valence-corrected chi connectivity index (χ2v) is 10.6. The van der Waals surface area contributed by atoms with Crippen molar-refractivity contribution in [2.75, 3.05) is 0 Å². The van der Waals surface area contributed by atoms with Crippen LogP contribution in [-0.2, 0) is 6.42 Å². The molecular formula is C15H23NOSi. The van der Waals surface area contributed by atoms with E-state index in [-0.39, 0.29) is 5.04 Å². The van der Waals surface area contributed by atoms with Crippen LogP contribution in [0.25, 0.3) is 0 Å². The maximum atomic E-state index is 10.2. The molecule has 1 rings (SSSR count). The van der Waals surface area contributed by atoms with Gasteiger partial charge in [-0.05, 0) is 55.1 Å². The van der Waals surface area contributed by atoms with Gasteiger partial charge in [-0.2, -0.15) is 5.26 Å². The second kappa shape index (κ2) is 5.68. The van der Waals surface area contributed by atoms with Gasteiger partial charge in [0, 0.05) is 0 Å². The summed E-state index contributed by atoms with van der Waals surface area (Å²) in [7, 11) is -2.08. The Morgan fingerprint density at radius 3 is 2.22 bits per heavy atom. The van der Waals surface area contributed by atoms with Crippen molar-refractivity contribution in [3.63, 3.8) is 0 Å². The van der Waals surface area contributed by atoms with E-state index in [4.69, 9.17) is 5.26 Å². The van der Waals surface area contributed by atoms with Gasteiger partial charge in [0.05, 0.1) is 11.6 Å². The standard InChI is InChI=1S/C15H23NOSi/c1-15(2,18(3,4)17)11-5-6-13-7-9-14(12-16)10-8-13/h7-10,17H,5-6,11H2,1-4H3. The van der Waals surface area contributed by atoms with Gasteiger partial charge in [-0.15, -0.1) is 0 Å². The SMILES string of the molecule is CC(C)(CCCc1ccc(C#N)cc1)[Si](C)(C)O. The Labute approximate surface area is 111 Å². The lowest BCUT2D eigenvalue weighted by Crippen LogP contribution is -2.38. The van der Waals surface area contributed by atoms with Crippen LogP contribution in [0.4, 0.5) is 0 Å². The fourth-order valence-corrected chi connectivity index (χ4v) is 2.57. The summed E-state index contributed by atoms with van der Waals surface area (Å²) >= 11 is 0. The third-order valence-corrected chi connectivity index (χ3v) is 7.57. The van der Waals surface area contributed by atoms with Gasteiger partial charge >= 0.3 is 0 Å². The maximum Gasteiger partial charge on any atom is 0.188 e. The molecule has 0 heterocycles. The van der Waals surface area contributed by atoms with Gasteiger partial charge in [-0.1, -0.05) is 26.0 Å². The van der Waals surface area contributed by atoms with Crippen LogP contribution in [-0.4, -0.2) is 13.1 Å². The van der Waals surface area contributed by atoms with E-state index >= 15 is 0 Å². The summed E-state index contributed by atoms with van der Waals surface area (Å²) in [6.07, 6.45) is 3.14. The summed E-state index contributed by atoms with van der Waals surface area (Å²) in [5.74, 6) is 0. The molecule has 1 N–H and O–H groups in total. The molecule has 2 nitrogen and oxygen atoms in total. The lowest BCUT2D eigenvalue weighted by Gasteiger charge is -2.35. The third kappa shape index (κ3) is 3.97. The van der Waals surface area contributed by atoms with Gasteiger partial charge in [0.15, 0.2) is 8.32 Å². The Hall–Kier alpha value is -1.11. The Morgan fingerprint density at radius 2 is 1.78 bits per heavy atom. The third-order valence-electron chi connectivity index (χ3n) is 4.01. The van der Waals surface area contributed by atoms with E-state index in [9.17, 15) is 4.80 Å². The monoisotopic (exact) mass is 261 g/mol. The number of hydrogen-bond donors (Lipinski definition) is 1.